The van der Waals surface area contributed by atoms with Gasteiger partial charge in [-0.2, -0.15) is 4.57 Å². The van der Waals surface area contributed by atoms with Crippen molar-refractivity contribution in [2.24, 2.45) is 5.73 Å². The highest BCUT2D eigenvalue weighted by Gasteiger charge is 2.23. The lowest BCUT2D eigenvalue weighted by molar-refractivity contribution is -0.659. The van der Waals surface area contributed by atoms with Gasteiger partial charge in [0.15, 0.2) is 0 Å². The van der Waals surface area contributed by atoms with Crippen LogP contribution in [0.1, 0.15) is 32.6 Å². The van der Waals surface area contributed by atoms with E-state index in [1.165, 1.54) is 52.2 Å². The van der Waals surface area contributed by atoms with E-state index in [0.29, 0.717) is 0 Å². The van der Waals surface area contributed by atoms with Gasteiger partial charge in [0.05, 0.1) is 10.8 Å². The first kappa shape index (κ1) is 22.1. The molecular formula is C26H31N4O+. The number of hydrogen-bond acceptors (Lipinski definition) is 3. The second-order valence-electron chi connectivity index (χ2n) is 7.64. The van der Waals surface area contributed by atoms with Gasteiger partial charge in [0.25, 0.3) is 0 Å². The number of benzene rings is 3. The number of pyridine rings is 1. The van der Waals surface area contributed by atoms with Crippen molar-refractivity contribution in [3.8, 4) is 11.3 Å². The second-order valence-corrected chi connectivity index (χ2v) is 7.64. The Hall–Kier alpha value is -3.60. The molecule has 1 aromatic heterocycles. The van der Waals surface area contributed by atoms with Gasteiger partial charge in [-0.15, -0.1) is 0 Å². The quantitative estimate of drug-likeness (QED) is 0.139. The summed E-state index contributed by atoms with van der Waals surface area (Å²) in [5.74, 6) is 0. The lowest BCUT2D eigenvalue weighted by atomic mass is 9.98. The van der Waals surface area contributed by atoms with Gasteiger partial charge in [-0.1, -0.05) is 44.0 Å². The molecule has 0 saturated heterocycles. The SMILES string of the molecule is CCCCCC[n+]1c(-c2ccccc2)c2cc(N)ccc2c2ccc(N)cc21.NC=O. The number of carbonyl (C=O) groups is 1. The number of nitrogens with two attached hydrogens (primary N) is 3. The first-order valence-corrected chi connectivity index (χ1v) is 10.8. The molecule has 4 aromatic rings. The van der Waals surface area contributed by atoms with Crippen molar-refractivity contribution in [2.45, 2.75) is 39.2 Å². The molecule has 0 aliphatic carbocycles. The maximum Gasteiger partial charge on any atom is 0.220 e. The molecule has 5 nitrogen and oxygen atoms in total. The number of nitrogen functional groups attached to an aromatic ring is 2. The average Bonchev–Trinajstić information content (AvgIpc) is 2.77. The van der Waals surface area contributed by atoms with E-state index in [4.69, 9.17) is 16.3 Å². The van der Waals surface area contributed by atoms with Crippen LogP contribution < -0.4 is 21.8 Å². The third-order valence-electron chi connectivity index (χ3n) is 5.45. The molecule has 3 aromatic carbocycles. The van der Waals surface area contributed by atoms with Crippen LogP contribution in [0.5, 0.6) is 0 Å². The molecule has 0 unspecified atom stereocenters. The Morgan fingerprint density at radius 1 is 0.806 bits per heavy atom. The predicted octanol–water partition coefficient (Wildman–Crippen LogP) is 4.79. The van der Waals surface area contributed by atoms with E-state index in [9.17, 15) is 0 Å². The number of unbranched alkanes of at least 4 members (excludes halogenated alkanes) is 3. The number of amides is 1. The molecule has 0 spiro atoms. The van der Waals surface area contributed by atoms with Crippen molar-refractivity contribution in [1.29, 1.82) is 0 Å². The van der Waals surface area contributed by atoms with Crippen LogP contribution >= 0.6 is 0 Å². The lowest BCUT2D eigenvalue weighted by Gasteiger charge is -2.13. The highest BCUT2D eigenvalue weighted by molar-refractivity contribution is 6.10. The number of aromatic nitrogens is 1. The molecule has 0 aliphatic heterocycles. The Labute approximate surface area is 183 Å². The van der Waals surface area contributed by atoms with Crippen LogP contribution in [0.2, 0.25) is 0 Å². The fourth-order valence-corrected chi connectivity index (χ4v) is 4.09. The summed E-state index contributed by atoms with van der Waals surface area (Å²) >= 11 is 0. The molecule has 1 heterocycles. The molecule has 0 fully saturated rings. The third kappa shape index (κ3) is 4.94. The van der Waals surface area contributed by atoms with E-state index in [0.717, 1.165) is 24.3 Å². The second kappa shape index (κ2) is 10.4. The molecule has 0 saturated carbocycles. The molecule has 0 atom stereocenters. The monoisotopic (exact) mass is 415 g/mol. The fraction of sp³-hybridized carbons (Fsp3) is 0.231. The molecule has 6 N–H and O–H groups in total. The molecule has 160 valence electrons. The number of carbonyl (C=O) groups excluding carboxylic acids is 1. The van der Waals surface area contributed by atoms with Crippen molar-refractivity contribution in [1.82, 2.24) is 0 Å². The summed E-state index contributed by atoms with van der Waals surface area (Å²) in [6, 6.07) is 23.1. The first-order chi connectivity index (χ1) is 15.1. The number of hydrogen-bond donors (Lipinski definition) is 3. The van der Waals surface area contributed by atoms with Crippen LogP contribution in [-0.2, 0) is 11.3 Å². The minimum absolute atomic E-state index is 0.250. The summed E-state index contributed by atoms with van der Waals surface area (Å²) in [4.78, 5) is 8.58. The summed E-state index contributed by atoms with van der Waals surface area (Å²) in [6.07, 6.45) is 5.13. The molecular weight excluding hydrogens is 384 g/mol. The number of primary amides is 1. The zero-order chi connectivity index (χ0) is 22.2. The van der Waals surface area contributed by atoms with Crippen LogP contribution in [-0.4, -0.2) is 6.41 Å². The van der Waals surface area contributed by atoms with Gasteiger partial charge in [0, 0.05) is 34.8 Å². The Balaban J connectivity index is 0.000000858. The Bertz CT molecular complexity index is 1170. The number of rotatable bonds is 6. The van der Waals surface area contributed by atoms with Gasteiger partial charge < -0.3 is 17.2 Å². The molecule has 5 heteroatoms. The standard InChI is InChI=1S/C25H27N3.CH3NO/c1-2-3-4-8-15-28-24-17-20(27)12-14-22(24)21-13-11-19(26)16-23(21)25(28)18-9-6-5-7-10-18;2-1-3/h5-7,9-14,16-17,27H,2-4,8,15,26H2,1H3;1H,(H2,2,3)/p+1. The van der Waals surface area contributed by atoms with Gasteiger partial charge in [0.1, 0.15) is 6.54 Å². The average molecular weight is 416 g/mol. The van der Waals surface area contributed by atoms with Gasteiger partial charge in [-0.3, -0.25) is 4.79 Å². The first-order valence-electron chi connectivity index (χ1n) is 10.8. The van der Waals surface area contributed by atoms with Crippen LogP contribution in [0.25, 0.3) is 32.9 Å². The van der Waals surface area contributed by atoms with E-state index < -0.39 is 0 Å². The summed E-state index contributed by atoms with van der Waals surface area (Å²) in [7, 11) is 0. The van der Waals surface area contributed by atoms with E-state index in [2.05, 4.69) is 71.8 Å². The van der Waals surface area contributed by atoms with Crippen LogP contribution in [0.4, 0.5) is 11.4 Å². The zero-order valence-corrected chi connectivity index (χ0v) is 18.1. The number of fused-ring (bicyclic) bond motifs is 3. The molecule has 0 radical (unpaired) electrons. The highest BCUT2D eigenvalue weighted by Crippen LogP contribution is 2.33. The van der Waals surface area contributed by atoms with Crippen molar-refractivity contribution in [3.63, 3.8) is 0 Å². The number of aryl methyl sites for hydroxylation is 1. The molecule has 0 bridgehead atoms. The largest absolute Gasteiger partial charge is 0.399 e. The minimum Gasteiger partial charge on any atom is -0.399 e. The Morgan fingerprint density at radius 3 is 2.13 bits per heavy atom. The van der Waals surface area contributed by atoms with Crippen molar-refractivity contribution >= 4 is 39.5 Å². The lowest BCUT2D eigenvalue weighted by Crippen LogP contribution is -2.37. The summed E-state index contributed by atoms with van der Waals surface area (Å²) in [5, 5.41) is 3.63. The van der Waals surface area contributed by atoms with E-state index >= 15 is 0 Å². The fourth-order valence-electron chi connectivity index (χ4n) is 4.09. The normalized spacial score (nSPS) is 10.6. The number of nitrogens with zero attached hydrogens (tertiary/aromatic N) is 1. The van der Waals surface area contributed by atoms with Gasteiger partial charge in [0.2, 0.25) is 17.6 Å². The van der Waals surface area contributed by atoms with E-state index in [1.54, 1.807) is 0 Å². The van der Waals surface area contributed by atoms with Crippen LogP contribution in [0.3, 0.4) is 0 Å². The smallest absolute Gasteiger partial charge is 0.220 e. The molecule has 31 heavy (non-hydrogen) atoms. The summed E-state index contributed by atoms with van der Waals surface area (Å²) in [6.45, 7) is 3.21. The Kier molecular flexibility index (Phi) is 7.44. The van der Waals surface area contributed by atoms with E-state index in [-0.39, 0.29) is 6.41 Å². The van der Waals surface area contributed by atoms with Crippen molar-refractivity contribution < 1.29 is 9.36 Å². The maximum absolute atomic E-state index is 8.58. The summed E-state index contributed by atoms with van der Waals surface area (Å²) in [5.41, 5.74) is 21.8. The maximum atomic E-state index is 8.58. The van der Waals surface area contributed by atoms with Crippen molar-refractivity contribution in [3.05, 3.63) is 66.7 Å². The number of anilines is 2. The third-order valence-corrected chi connectivity index (χ3v) is 5.45. The van der Waals surface area contributed by atoms with Gasteiger partial charge in [-0.25, -0.2) is 0 Å². The van der Waals surface area contributed by atoms with Gasteiger partial charge >= 0.3 is 0 Å². The Morgan fingerprint density at radius 2 is 1.45 bits per heavy atom. The zero-order valence-electron chi connectivity index (χ0n) is 18.1. The highest BCUT2D eigenvalue weighted by atomic mass is 16.1. The minimum atomic E-state index is 0.250. The van der Waals surface area contributed by atoms with Crippen LogP contribution in [0, 0.1) is 0 Å². The molecule has 4 rings (SSSR count). The summed E-state index contributed by atoms with van der Waals surface area (Å²) < 4.78 is 2.44. The predicted molar refractivity (Wildman–Crippen MR) is 130 cm³/mol. The van der Waals surface area contributed by atoms with Crippen molar-refractivity contribution in [2.75, 3.05) is 11.5 Å². The molecule has 0 aliphatic rings. The van der Waals surface area contributed by atoms with Gasteiger partial charge in [-0.05, 0) is 42.8 Å². The topological polar surface area (TPSA) is 99.0 Å². The molecule has 1 amide bonds. The van der Waals surface area contributed by atoms with E-state index in [1.807, 2.05) is 12.1 Å². The van der Waals surface area contributed by atoms with Crippen LogP contribution in [0.15, 0.2) is 66.7 Å².